The van der Waals surface area contributed by atoms with Gasteiger partial charge in [0.1, 0.15) is 24.4 Å². The summed E-state index contributed by atoms with van der Waals surface area (Å²) in [5.41, 5.74) is 4.25. The van der Waals surface area contributed by atoms with Crippen LogP contribution < -0.4 is 0 Å². The molecule has 1 saturated heterocycles. The highest BCUT2D eigenvalue weighted by Crippen LogP contribution is 2.40. The van der Waals surface area contributed by atoms with Crippen molar-refractivity contribution in [3.05, 3.63) is 70.4 Å². The average molecular weight is 444 g/mol. The Bertz CT molecular complexity index is 1080. The quantitative estimate of drug-likeness (QED) is 0.486. The number of hydrogen-bond donors (Lipinski definition) is 4. The van der Waals surface area contributed by atoms with E-state index in [1.165, 1.54) is 18.4 Å². The summed E-state index contributed by atoms with van der Waals surface area (Å²) in [6.07, 6.45) is -1.09. The van der Waals surface area contributed by atoms with E-state index in [0.717, 1.165) is 22.0 Å². The normalized spacial score (nSPS) is 28.9. The van der Waals surface area contributed by atoms with Crippen LogP contribution in [0.4, 0.5) is 0 Å². The van der Waals surface area contributed by atoms with Gasteiger partial charge in [-0.25, -0.2) is 0 Å². The van der Waals surface area contributed by atoms with Gasteiger partial charge in [0.05, 0.1) is 17.1 Å². The number of aliphatic hydroxyl groups is 4. The zero-order valence-electron chi connectivity index (χ0n) is 16.9. The molecular weight excluding hydrogens is 418 g/mol. The lowest BCUT2D eigenvalue weighted by molar-refractivity contribution is -0.250. The first kappa shape index (κ1) is 20.9. The van der Waals surface area contributed by atoms with Crippen molar-refractivity contribution >= 4 is 22.5 Å². The second-order valence-corrected chi connectivity index (χ2v) is 9.01. The topological polar surface area (TPSA) is 95.1 Å². The smallest absolute Gasteiger partial charge is 0.163 e. The van der Waals surface area contributed by atoms with Gasteiger partial charge >= 0.3 is 0 Å². The fourth-order valence-electron chi connectivity index (χ4n) is 4.55. The molecule has 7 heteroatoms. The van der Waals surface area contributed by atoms with Crippen LogP contribution in [-0.2, 0) is 11.2 Å². The van der Waals surface area contributed by atoms with Crippen molar-refractivity contribution in [1.82, 2.24) is 4.57 Å². The molecule has 6 nitrogen and oxygen atoms in total. The molecule has 1 aromatic heterocycles. The van der Waals surface area contributed by atoms with Gasteiger partial charge in [-0.1, -0.05) is 41.9 Å². The van der Waals surface area contributed by atoms with E-state index in [1.807, 2.05) is 24.4 Å². The van der Waals surface area contributed by atoms with Crippen molar-refractivity contribution < 1.29 is 25.2 Å². The second-order valence-electron chi connectivity index (χ2n) is 8.61. The molecule has 2 unspecified atom stereocenters. The molecule has 2 aromatic carbocycles. The maximum atomic E-state index is 10.6. The third-order valence-corrected chi connectivity index (χ3v) is 6.77. The molecule has 5 rings (SSSR count). The van der Waals surface area contributed by atoms with Crippen LogP contribution in [0.5, 0.6) is 0 Å². The zero-order chi connectivity index (χ0) is 21.7. The van der Waals surface area contributed by atoms with Gasteiger partial charge in [-0.3, -0.25) is 0 Å². The Morgan fingerprint density at radius 3 is 2.39 bits per heavy atom. The Balaban J connectivity index is 1.53. The van der Waals surface area contributed by atoms with E-state index in [-0.39, 0.29) is 0 Å². The number of rotatable bonds is 5. The summed E-state index contributed by atoms with van der Waals surface area (Å²) in [5, 5.41) is 42.0. The molecule has 0 amide bonds. The molecular formula is C24H26ClNO5. The monoisotopic (exact) mass is 443 g/mol. The Kier molecular flexibility index (Phi) is 5.54. The molecule has 0 spiro atoms. The highest BCUT2D eigenvalue weighted by Gasteiger charge is 2.44. The fourth-order valence-corrected chi connectivity index (χ4v) is 4.84. The summed E-state index contributed by atoms with van der Waals surface area (Å²) < 4.78 is 7.52. The van der Waals surface area contributed by atoms with Crippen molar-refractivity contribution in [3.8, 4) is 0 Å². The second kappa shape index (κ2) is 8.20. The van der Waals surface area contributed by atoms with Crippen LogP contribution in [0.3, 0.4) is 0 Å². The summed E-state index contributed by atoms with van der Waals surface area (Å²) in [6, 6.07) is 14.2. The van der Waals surface area contributed by atoms with Gasteiger partial charge in [0.25, 0.3) is 0 Å². The number of aromatic nitrogens is 1. The first-order valence-electron chi connectivity index (χ1n) is 10.6. The Morgan fingerprint density at radius 2 is 1.71 bits per heavy atom. The Hall–Kier alpha value is -1.93. The zero-order valence-corrected chi connectivity index (χ0v) is 17.7. The van der Waals surface area contributed by atoms with Crippen LogP contribution in [-0.4, -0.2) is 56.0 Å². The predicted molar refractivity (Wildman–Crippen MR) is 117 cm³/mol. The van der Waals surface area contributed by atoms with Gasteiger partial charge in [0, 0.05) is 11.6 Å². The lowest BCUT2D eigenvalue weighted by atomic mass is 9.98. The summed E-state index contributed by atoms with van der Waals surface area (Å²) in [7, 11) is 0. The first-order chi connectivity index (χ1) is 15.0. The Morgan fingerprint density at radius 1 is 0.968 bits per heavy atom. The Labute approximate surface area is 185 Å². The van der Waals surface area contributed by atoms with Gasteiger partial charge in [-0.2, -0.15) is 0 Å². The molecule has 3 aromatic rings. The highest BCUT2D eigenvalue weighted by atomic mass is 35.5. The van der Waals surface area contributed by atoms with E-state index in [9.17, 15) is 20.4 Å². The minimum Gasteiger partial charge on any atom is -0.394 e. The molecule has 31 heavy (non-hydrogen) atoms. The van der Waals surface area contributed by atoms with Crippen LogP contribution in [0.2, 0.25) is 5.02 Å². The first-order valence-corrected chi connectivity index (χ1v) is 11.0. The molecule has 5 atom stereocenters. The van der Waals surface area contributed by atoms with E-state index in [0.29, 0.717) is 17.4 Å². The maximum absolute atomic E-state index is 10.6. The predicted octanol–water partition coefficient (Wildman–Crippen LogP) is 2.74. The molecule has 2 aliphatic rings. The fraction of sp³-hybridized carbons (Fsp3) is 0.417. The van der Waals surface area contributed by atoms with Gasteiger partial charge < -0.3 is 29.7 Å². The molecule has 0 bridgehead atoms. The number of aliphatic hydroxyl groups excluding tert-OH is 4. The van der Waals surface area contributed by atoms with Crippen LogP contribution in [0.1, 0.15) is 41.7 Å². The standard InChI is InChI=1S/C24H26ClNO5/c25-17-2-1-3-18-20(17)16(10-13-4-6-14(7-5-13)15-8-9-15)11-26(18)24-23(30)22(29)21(28)19(12-27)31-24/h1-7,11,15,19,21-24,27-30H,8-10,12H2/t19-,21-,22?,23-,24?/m1/s1. The van der Waals surface area contributed by atoms with Gasteiger partial charge in [-0.15, -0.1) is 0 Å². The summed E-state index contributed by atoms with van der Waals surface area (Å²) >= 11 is 6.55. The number of halogens is 1. The molecule has 164 valence electrons. The van der Waals surface area contributed by atoms with Crippen LogP contribution in [0.25, 0.3) is 10.9 Å². The highest BCUT2D eigenvalue weighted by molar-refractivity contribution is 6.35. The SMILES string of the molecule is OC[C@H]1OC(n2cc(Cc3ccc(C4CC4)cc3)c3c(Cl)cccc32)[C@H](O)C(O)[C@@H]1O. The molecule has 1 aliphatic heterocycles. The van der Waals surface area contributed by atoms with Gasteiger partial charge in [0.2, 0.25) is 0 Å². The number of nitrogens with zero attached hydrogens (tertiary/aromatic N) is 1. The van der Waals surface area contributed by atoms with E-state index in [1.54, 1.807) is 4.57 Å². The number of fused-ring (bicyclic) bond motifs is 1. The molecule has 2 heterocycles. The van der Waals surface area contributed by atoms with Gasteiger partial charge in [0.15, 0.2) is 6.23 Å². The lowest BCUT2D eigenvalue weighted by Crippen LogP contribution is -2.56. The molecule has 2 fully saturated rings. The van der Waals surface area contributed by atoms with Crippen molar-refractivity contribution in [1.29, 1.82) is 0 Å². The van der Waals surface area contributed by atoms with Crippen molar-refractivity contribution in [2.75, 3.05) is 6.61 Å². The number of hydrogen-bond acceptors (Lipinski definition) is 5. The summed E-state index contributed by atoms with van der Waals surface area (Å²) in [5.74, 6) is 0.705. The number of benzene rings is 2. The molecule has 1 aliphatic carbocycles. The average Bonchev–Trinajstić information content (AvgIpc) is 3.56. The molecule has 1 saturated carbocycles. The summed E-state index contributed by atoms with van der Waals surface area (Å²) in [6.45, 7) is -0.471. The molecule has 0 radical (unpaired) electrons. The lowest BCUT2D eigenvalue weighted by Gasteiger charge is -2.40. The summed E-state index contributed by atoms with van der Waals surface area (Å²) in [4.78, 5) is 0. The van der Waals surface area contributed by atoms with E-state index in [4.69, 9.17) is 16.3 Å². The minimum atomic E-state index is -1.44. The third kappa shape index (κ3) is 3.78. The van der Waals surface area contributed by atoms with Crippen LogP contribution >= 0.6 is 11.6 Å². The van der Waals surface area contributed by atoms with Crippen molar-refractivity contribution in [3.63, 3.8) is 0 Å². The number of ether oxygens (including phenoxy) is 1. The van der Waals surface area contributed by atoms with E-state index in [2.05, 4.69) is 24.3 Å². The van der Waals surface area contributed by atoms with Gasteiger partial charge in [-0.05, 0) is 54.0 Å². The molecule has 4 N–H and O–H groups in total. The van der Waals surface area contributed by atoms with Crippen LogP contribution in [0, 0.1) is 0 Å². The minimum absolute atomic E-state index is 0.471. The maximum Gasteiger partial charge on any atom is 0.163 e. The van der Waals surface area contributed by atoms with Crippen molar-refractivity contribution in [2.24, 2.45) is 0 Å². The largest absolute Gasteiger partial charge is 0.394 e. The van der Waals surface area contributed by atoms with E-state index < -0.39 is 37.3 Å². The van der Waals surface area contributed by atoms with Crippen molar-refractivity contribution in [2.45, 2.75) is 55.8 Å². The van der Waals surface area contributed by atoms with Crippen LogP contribution in [0.15, 0.2) is 48.7 Å². The van der Waals surface area contributed by atoms with E-state index >= 15 is 0 Å². The third-order valence-electron chi connectivity index (χ3n) is 6.45.